The third kappa shape index (κ3) is 4.31. The third-order valence-electron chi connectivity index (χ3n) is 3.18. The molecule has 0 aliphatic carbocycles. The molecule has 18 heavy (non-hydrogen) atoms. The van der Waals surface area contributed by atoms with Crippen molar-refractivity contribution >= 4 is 0 Å². The van der Waals surface area contributed by atoms with Crippen molar-refractivity contribution in [3.8, 4) is 5.75 Å². The van der Waals surface area contributed by atoms with Gasteiger partial charge in [-0.15, -0.1) is 0 Å². The standard InChI is InChI=1S/C15H25NO2/c1-5-17-10-8-14-6-7-15(13(3)12(14)2)18-11-9-16-4/h6-7,16H,5,8-11H2,1-4H3. The first-order valence-electron chi connectivity index (χ1n) is 6.65. The van der Waals surface area contributed by atoms with E-state index in [1.165, 1.54) is 16.7 Å². The molecule has 0 spiro atoms. The van der Waals surface area contributed by atoms with E-state index in [1.807, 2.05) is 14.0 Å². The first-order valence-corrected chi connectivity index (χ1v) is 6.65. The highest BCUT2D eigenvalue weighted by molar-refractivity contribution is 5.43. The Morgan fingerprint density at radius 3 is 2.56 bits per heavy atom. The zero-order chi connectivity index (χ0) is 13.4. The molecule has 1 rings (SSSR count). The van der Waals surface area contributed by atoms with Crippen LogP contribution in [0.4, 0.5) is 0 Å². The first kappa shape index (κ1) is 15.0. The topological polar surface area (TPSA) is 30.5 Å². The van der Waals surface area contributed by atoms with Crippen LogP contribution in [0.15, 0.2) is 12.1 Å². The average molecular weight is 251 g/mol. The van der Waals surface area contributed by atoms with Crippen molar-refractivity contribution in [2.45, 2.75) is 27.2 Å². The van der Waals surface area contributed by atoms with Gasteiger partial charge in [0.15, 0.2) is 0 Å². The van der Waals surface area contributed by atoms with E-state index in [4.69, 9.17) is 9.47 Å². The Morgan fingerprint density at radius 1 is 1.11 bits per heavy atom. The van der Waals surface area contributed by atoms with Crippen LogP contribution in [-0.4, -0.2) is 33.4 Å². The monoisotopic (exact) mass is 251 g/mol. The summed E-state index contributed by atoms with van der Waals surface area (Å²) in [7, 11) is 1.93. The van der Waals surface area contributed by atoms with E-state index in [9.17, 15) is 0 Å². The van der Waals surface area contributed by atoms with Crippen LogP contribution in [0.5, 0.6) is 5.75 Å². The maximum Gasteiger partial charge on any atom is 0.122 e. The summed E-state index contributed by atoms with van der Waals surface area (Å²) in [5, 5.41) is 3.08. The molecule has 1 aromatic rings. The van der Waals surface area contributed by atoms with Gasteiger partial charge in [0, 0.05) is 13.2 Å². The van der Waals surface area contributed by atoms with Gasteiger partial charge in [0.2, 0.25) is 0 Å². The lowest BCUT2D eigenvalue weighted by atomic mass is 10.0. The van der Waals surface area contributed by atoms with Crippen molar-refractivity contribution in [3.63, 3.8) is 0 Å². The quantitative estimate of drug-likeness (QED) is 0.720. The molecule has 0 atom stereocenters. The summed E-state index contributed by atoms with van der Waals surface area (Å²) in [5.74, 6) is 0.989. The highest BCUT2D eigenvalue weighted by atomic mass is 16.5. The van der Waals surface area contributed by atoms with Crippen molar-refractivity contribution in [2.75, 3.05) is 33.4 Å². The van der Waals surface area contributed by atoms with E-state index in [-0.39, 0.29) is 0 Å². The summed E-state index contributed by atoms with van der Waals surface area (Å²) in [6.07, 6.45) is 0.970. The summed E-state index contributed by atoms with van der Waals surface area (Å²) < 4.78 is 11.1. The fourth-order valence-electron chi connectivity index (χ4n) is 1.87. The zero-order valence-electron chi connectivity index (χ0n) is 12.0. The molecule has 3 heteroatoms. The Balaban J connectivity index is 2.65. The SMILES string of the molecule is CCOCCc1ccc(OCCNC)c(C)c1C. The van der Waals surface area contributed by atoms with Gasteiger partial charge < -0.3 is 14.8 Å². The number of rotatable bonds is 8. The molecule has 0 fully saturated rings. The van der Waals surface area contributed by atoms with Crippen molar-refractivity contribution in [1.29, 1.82) is 0 Å². The smallest absolute Gasteiger partial charge is 0.122 e. The molecule has 0 amide bonds. The van der Waals surface area contributed by atoms with Crippen LogP contribution in [0, 0.1) is 13.8 Å². The van der Waals surface area contributed by atoms with Gasteiger partial charge in [-0.2, -0.15) is 0 Å². The minimum Gasteiger partial charge on any atom is -0.492 e. The summed E-state index contributed by atoms with van der Waals surface area (Å²) in [4.78, 5) is 0. The molecule has 0 radical (unpaired) electrons. The second-order valence-corrected chi connectivity index (χ2v) is 4.37. The van der Waals surface area contributed by atoms with Gasteiger partial charge in [0.05, 0.1) is 6.61 Å². The fraction of sp³-hybridized carbons (Fsp3) is 0.600. The molecule has 102 valence electrons. The van der Waals surface area contributed by atoms with Crippen molar-refractivity contribution < 1.29 is 9.47 Å². The number of ether oxygens (including phenoxy) is 2. The van der Waals surface area contributed by atoms with E-state index >= 15 is 0 Å². The van der Waals surface area contributed by atoms with Gasteiger partial charge in [-0.25, -0.2) is 0 Å². The van der Waals surface area contributed by atoms with E-state index in [0.29, 0.717) is 6.61 Å². The van der Waals surface area contributed by atoms with Crippen LogP contribution in [0.3, 0.4) is 0 Å². The normalized spacial score (nSPS) is 10.7. The number of nitrogens with one attached hydrogen (secondary N) is 1. The Bertz CT molecular complexity index is 329. The molecule has 0 saturated heterocycles. The third-order valence-corrected chi connectivity index (χ3v) is 3.18. The second-order valence-electron chi connectivity index (χ2n) is 4.37. The van der Waals surface area contributed by atoms with Crippen LogP contribution in [0.25, 0.3) is 0 Å². The molecule has 0 aliphatic rings. The van der Waals surface area contributed by atoms with Gasteiger partial charge in [0.1, 0.15) is 12.4 Å². The number of hydrogen-bond donors (Lipinski definition) is 1. The maximum atomic E-state index is 5.74. The largest absolute Gasteiger partial charge is 0.492 e. The zero-order valence-corrected chi connectivity index (χ0v) is 12.0. The van der Waals surface area contributed by atoms with Gasteiger partial charge in [-0.3, -0.25) is 0 Å². The van der Waals surface area contributed by atoms with E-state index in [1.54, 1.807) is 0 Å². The number of hydrogen-bond acceptors (Lipinski definition) is 3. The maximum absolute atomic E-state index is 5.74. The molecule has 3 nitrogen and oxygen atoms in total. The summed E-state index contributed by atoms with van der Waals surface area (Å²) in [6.45, 7) is 9.44. The first-order chi connectivity index (χ1) is 8.70. The second kappa shape index (κ2) is 8.11. The molecule has 0 saturated carbocycles. The molecule has 0 aliphatic heterocycles. The molecular weight excluding hydrogens is 226 g/mol. The number of benzene rings is 1. The lowest BCUT2D eigenvalue weighted by molar-refractivity contribution is 0.151. The average Bonchev–Trinajstić information content (AvgIpc) is 2.37. The Kier molecular flexibility index (Phi) is 6.76. The van der Waals surface area contributed by atoms with Crippen molar-refractivity contribution in [3.05, 3.63) is 28.8 Å². The van der Waals surface area contributed by atoms with Crippen molar-refractivity contribution in [2.24, 2.45) is 0 Å². The summed E-state index contributed by atoms with van der Waals surface area (Å²) >= 11 is 0. The molecule has 0 heterocycles. The van der Waals surface area contributed by atoms with E-state index in [2.05, 4.69) is 31.3 Å². The molecule has 0 unspecified atom stereocenters. The van der Waals surface area contributed by atoms with E-state index < -0.39 is 0 Å². The molecule has 1 aromatic carbocycles. The number of likely N-dealkylation sites (N-methyl/N-ethyl adjacent to an activating group) is 1. The lowest BCUT2D eigenvalue weighted by Crippen LogP contribution is -2.16. The van der Waals surface area contributed by atoms with Crippen LogP contribution >= 0.6 is 0 Å². The van der Waals surface area contributed by atoms with E-state index in [0.717, 1.165) is 31.9 Å². The molecule has 1 N–H and O–H groups in total. The minimum absolute atomic E-state index is 0.703. The fourth-order valence-corrected chi connectivity index (χ4v) is 1.87. The van der Waals surface area contributed by atoms with Crippen molar-refractivity contribution in [1.82, 2.24) is 5.32 Å². The molecular formula is C15H25NO2. The van der Waals surface area contributed by atoms with Crippen LogP contribution in [0.2, 0.25) is 0 Å². The van der Waals surface area contributed by atoms with Gasteiger partial charge in [-0.1, -0.05) is 6.07 Å². The highest BCUT2D eigenvalue weighted by Crippen LogP contribution is 2.24. The Morgan fingerprint density at radius 2 is 1.89 bits per heavy atom. The van der Waals surface area contributed by atoms with Crippen LogP contribution in [0.1, 0.15) is 23.6 Å². The molecule has 0 bridgehead atoms. The van der Waals surface area contributed by atoms with Gasteiger partial charge in [0.25, 0.3) is 0 Å². The minimum atomic E-state index is 0.703. The van der Waals surface area contributed by atoms with Crippen LogP contribution in [-0.2, 0) is 11.2 Å². The Labute approximate surface area is 110 Å². The predicted octanol–water partition coefficient (Wildman–Crippen LogP) is 2.48. The van der Waals surface area contributed by atoms with Gasteiger partial charge in [-0.05, 0) is 57.0 Å². The predicted molar refractivity (Wildman–Crippen MR) is 75.5 cm³/mol. The lowest BCUT2D eigenvalue weighted by Gasteiger charge is -2.14. The summed E-state index contributed by atoms with van der Waals surface area (Å²) in [6, 6.07) is 4.22. The van der Waals surface area contributed by atoms with Gasteiger partial charge >= 0.3 is 0 Å². The Hall–Kier alpha value is -1.06. The van der Waals surface area contributed by atoms with Crippen LogP contribution < -0.4 is 10.1 Å². The summed E-state index contributed by atoms with van der Waals surface area (Å²) in [5.41, 5.74) is 3.90. The highest BCUT2D eigenvalue weighted by Gasteiger charge is 2.07. The molecule has 0 aromatic heterocycles.